The molecule has 0 bridgehead atoms. The monoisotopic (exact) mass is 221 g/mol. The van der Waals surface area contributed by atoms with Gasteiger partial charge in [0.1, 0.15) is 5.82 Å². The molecule has 0 saturated heterocycles. The molecule has 0 N–H and O–H groups in total. The summed E-state index contributed by atoms with van der Waals surface area (Å²) in [5.41, 5.74) is 0.259. The zero-order valence-electron chi connectivity index (χ0n) is 9.89. The quantitative estimate of drug-likeness (QED) is 0.721. The van der Waals surface area contributed by atoms with Crippen molar-refractivity contribution in [3.05, 3.63) is 23.7 Å². The highest BCUT2D eigenvalue weighted by Gasteiger charge is 2.11. The van der Waals surface area contributed by atoms with Gasteiger partial charge in [-0.3, -0.25) is 0 Å². The van der Waals surface area contributed by atoms with E-state index in [1.54, 1.807) is 17.0 Å². The summed E-state index contributed by atoms with van der Waals surface area (Å²) < 4.78 is 4.63. The first-order chi connectivity index (χ1) is 7.58. The highest BCUT2D eigenvalue weighted by atomic mass is 16.5. The molecule has 1 aromatic heterocycles. The zero-order valence-corrected chi connectivity index (χ0v) is 9.89. The summed E-state index contributed by atoms with van der Waals surface area (Å²) in [4.78, 5) is 21.5. The number of methoxy groups -OCH3 is 1. The van der Waals surface area contributed by atoms with Crippen molar-refractivity contribution in [1.29, 1.82) is 0 Å². The third-order valence-electron chi connectivity index (χ3n) is 1.90. The number of carbonyl (C=O) groups excluding carboxylic acids is 1. The molecule has 0 saturated carbocycles. The maximum Gasteiger partial charge on any atom is 0.356 e. The fraction of sp³-hybridized carbons (Fsp3) is 0.364. The van der Waals surface area contributed by atoms with E-state index in [0.717, 1.165) is 0 Å². The van der Waals surface area contributed by atoms with Gasteiger partial charge >= 0.3 is 5.97 Å². The van der Waals surface area contributed by atoms with E-state index < -0.39 is 5.97 Å². The minimum atomic E-state index is -0.462. The number of esters is 1. The zero-order chi connectivity index (χ0) is 12.1. The Hall–Kier alpha value is -1.91. The van der Waals surface area contributed by atoms with E-state index in [-0.39, 0.29) is 5.69 Å². The Morgan fingerprint density at radius 1 is 1.44 bits per heavy atom. The van der Waals surface area contributed by atoms with Gasteiger partial charge in [-0.1, -0.05) is 6.08 Å². The van der Waals surface area contributed by atoms with Crippen molar-refractivity contribution in [3.63, 3.8) is 0 Å². The van der Waals surface area contributed by atoms with Crippen molar-refractivity contribution in [2.24, 2.45) is 0 Å². The summed E-state index contributed by atoms with van der Waals surface area (Å²) in [5, 5.41) is 0. The molecule has 0 aliphatic heterocycles. The van der Waals surface area contributed by atoms with Gasteiger partial charge in [-0.2, -0.15) is 0 Å². The van der Waals surface area contributed by atoms with Gasteiger partial charge in [0, 0.05) is 20.2 Å². The van der Waals surface area contributed by atoms with Crippen molar-refractivity contribution >= 4 is 17.9 Å². The molecule has 0 spiro atoms. The highest BCUT2D eigenvalue weighted by molar-refractivity contribution is 5.88. The van der Waals surface area contributed by atoms with Gasteiger partial charge < -0.3 is 9.64 Å². The van der Waals surface area contributed by atoms with Gasteiger partial charge in [0.25, 0.3) is 0 Å². The Labute approximate surface area is 94.8 Å². The molecule has 0 radical (unpaired) electrons. The molecular weight excluding hydrogens is 206 g/mol. The summed E-state index contributed by atoms with van der Waals surface area (Å²) in [6, 6.07) is 1.60. The third kappa shape index (κ3) is 2.79. The predicted molar refractivity (Wildman–Crippen MR) is 62.4 cm³/mol. The largest absolute Gasteiger partial charge is 0.464 e. The molecule has 0 fully saturated rings. The van der Waals surface area contributed by atoms with Gasteiger partial charge in [-0.05, 0) is 13.0 Å². The molecule has 86 valence electrons. The van der Waals surface area contributed by atoms with Crippen molar-refractivity contribution < 1.29 is 9.53 Å². The second kappa shape index (κ2) is 5.25. The van der Waals surface area contributed by atoms with Crippen LogP contribution in [0, 0.1) is 0 Å². The second-order valence-electron chi connectivity index (χ2n) is 3.36. The number of hydrogen-bond acceptors (Lipinski definition) is 5. The summed E-state index contributed by atoms with van der Waals surface area (Å²) in [7, 11) is 5.03. The van der Waals surface area contributed by atoms with E-state index in [2.05, 4.69) is 14.7 Å². The lowest BCUT2D eigenvalue weighted by atomic mass is 10.3. The van der Waals surface area contributed by atoms with Crippen molar-refractivity contribution in [2.75, 3.05) is 26.1 Å². The first kappa shape index (κ1) is 12.2. The second-order valence-corrected chi connectivity index (χ2v) is 3.36. The normalized spacial score (nSPS) is 10.5. The van der Waals surface area contributed by atoms with Crippen LogP contribution in [0.5, 0.6) is 0 Å². The summed E-state index contributed by atoms with van der Waals surface area (Å²) in [5.74, 6) is 0.703. The van der Waals surface area contributed by atoms with E-state index in [0.29, 0.717) is 11.6 Å². The molecule has 1 rings (SSSR count). The molecule has 16 heavy (non-hydrogen) atoms. The SMILES string of the molecule is C/C=C/c1nc(C(=O)OC)cc(N(C)C)n1. The van der Waals surface area contributed by atoms with Gasteiger partial charge in [-0.25, -0.2) is 14.8 Å². The van der Waals surface area contributed by atoms with Crippen molar-refractivity contribution in [2.45, 2.75) is 6.92 Å². The first-order valence-corrected chi connectivity index (χ1v) is 4.86. The van der Waals surface area contributed by atoms with Gasteiger partial charge in [0.05, 0.1) is 7.11 Å². The molecule has 0 atom stereocenters. The Morgan fingerprint density at radius 2 is 2.12 bits per heavy atom. The molecule has 0 unspecified atom stereocenters. The number of nitrogens with zero attached hydrogens (tertiary/aromatic N) is 3. The molecule has 1 aromatic rings. The maximum absolute atomic E-state index is 11.4. The average molecular weight is 221 g/mol. The fourth-order valence-corrected chi connectivity index (χ4v) is 1.11. The lowest BCUT2D eigenvalue weighted by Gasteiger charge is -2.12. The third-order valence-corrected chi connectivity index (χ3v) is 1.90. The Bertz CT molecular complexity index is 414. The van der Waals surface area contributed by atoms with Crippen LogP contribution < -0.4 is 4.90 Å². The summed E-state index contributed by atoms with van der Waals surface area (Å²) >= 11 is 0. The fourth-order valence-electron chi connectivity index (χ4n) is 1.11. The number of ether oxygens (including phenoxy) is 1. The molecule has 0 aliphatic carbocycles. The van der Waals surface area contributed by atoms with E-state index >= 15 is 0 Å². The van der Waals surface area contributed by atoms with Crippen molar-refractivity contribution in [1.82, 2.24) is 9.97 Å². The molecule has 5 nitrogen and oxygen atoms in total. The Balaban J connectivity index is 3.23. The highest BCUT2D eigenvalue weighted by Crippen LogP contribution is 2.11. The van der Waals surface area contributed by atoms with Gasteiger partial charge in [0.2, 0.25) is 0 Å². The topological polar surface area (TPSA) is 55.3 Å². The molecule has 0 aromatic carbocycles. The molecule has 1 heterocycles. The Kier molecular flexibility index (Phi) is 3.99. The summed E-state index contributed by atoms with van der Waals surface area (Å²) in [6.45, 7) is 1.86. The standard InChI is InChI=1S/C11H15N3O2/c1-5-6-9-12-8(11(15)16-4)7-10(13-9)14(2)3/h5-7H,1-4H3/b6-5+. The van der Waals surface area contributed by atoms with Crippen LogP contribution in [0.4, 0.5) is 5.82 Å². The molecule has 0 amide bonds. The Morgan fingerprint density at radius 3 is 2.62 bits per heavy atom. The van der Waals surface area contributed by atoms with Crippen LogP contribution in [-0.2, 0) is 4.74 Å². The van der Waals surface area contributed by atoms with E-state index in [9.17, 15) is 4.79 Å². The smallest absolute Gasteiger partial charge is 0.356 e. The minimum absolute atomic E-state index is 0.259. The van der Waals surface area contributed by atoms with Crippen LogP contribution in [0.1, 0.15) is 23.2 Å². The maximum atomic E-state index is 11.4. The summed E-state index contributed by atoms with van der Waals surface area (Å²) in [6.07, 6.45) is 3.55. The lowest BCUT2D eigenvalue weighted by molar-refractivity contribution is 0.0594. The molecule has 0 aliphatic rings. The first-order valence-electron chi connectivity index (χ1n) is 4.86. The van der Waals surface area contributed by atoms with Crippen LogP contribution in [0.15, 0.2) is 12.1 Å². The molecule has 5 heteroatoms. The van der Waals surface area contributed by atoms with E-state index in [1.807, 2.05) is 27.1 Å². The number of rotatable bonds is 3. The average Bonchev–Trinajstić information content (AvgIpc) is 2.28. The minimum Gasteiger partial charge on any atom is -0.464 e. The lowest BCUT2D eigenvalue weighted by Crippen LogP contribution is -2.14. The predicted octanol–water partition coefficient (Wildman–Crippen LogP) is 1.36. The van der Waals surface area contributed by atoms with Crippen LogP contribution in [0.25, 0.3) is 6.08 Å². The van der Waals surface area contributed by atoms with Crippen LogP contribution in [0.3, 0.4) is 0 Å². The van der Waals surface area contributed by atoms with Crippen LogP contribution >= 0.6 is 0 Å². The number of hydrogen-bond donors (Lipinski definition) is 0. The van der Waals surface area contributed by atoms with Gasteiger partial charge in [0.15, 0.2) is 11.5 Å². The number of aromatic nitrogens is 2. The molecular formula is C11H15N3O2. The van der Waals surface area contributed by atoms with E-state index in [4.69, 9.17) is 0 Å². The van der Waals surface area contributed by atoms with Crippen LogP contribution in [0.2, 0.25) is 0 Å². The van der Waals surface area contributed by atoms with Crippen molar-refractivity contribution in [3.8, 4) is 0 Å². The van der Waals surface area contributed by atoms with E-state index in [1.165, 1.54) is 7.11 Å². The number of carbonyl (C=O) groups is 1. The number of anilines is 1. The van der Waals surface area contributed by atoms with Crippen LogP contribution in [-0.4, -0.2) is 37.1 Å². The van der Waals surface area contributed by atoms with Gasteiger partial charge in [-0.15, -0.1) is 0 Å². The number of allylic oxidation sites excluding steroid dienone is 1.